The number of hydrogen-bond donors (Lipinski definition) is 0. The molecule has 1 aliphatic heterocycles. The third-order valence-electron chi connectivity index (χ3n) is 4.43. The molecule has 3 aliphatic rings. The maximum Gasteiger partial charge on any atom is 0.188 e. The van der Waals surface area contributed by atoms with Crippen LogP contribution < -0.4 is 0 Å². The normalized spacial score (nSPS) is 36.6. The molecule has 3 rings (SSSR count). The van der Waals surface area contributed by atoms with Gasteiger partial charge in [0.25, 0.3) is 0 Å². The van der Waals surface area contributed by atoms with Crippen molar-refractivity contribution in [2.75, 3.05) is 13.2 Å². The molecular weight excluding hydrogens is 216 g/mol. The van der Waals surface area contributed by atoms with Crippen LogP contribution >= 0.6 is 0 Å². The molecule has 2 spiro atoms. The van der Waals surface area contributed by atoms with E-state index in [1.165, 1.54) is 12.8 Å². The van der Waals surface area contributed by atoms with Crippen molar-refractivity contribution in [1.29, 1.82) is 0 Å². The second-order valence-electron chi connectivity index (χ2n) is 5.48. The summed E-state index contributed by atoms with van der Waals surface area (Å²) in [6.07, 6.45) is 11.0. The Morgan fingerprint density at radius 1 is 0.941 bits per heavy atom. The van der Waals surface area contributed by atoms with Gasteiger partial charge in [0.05, 0.1) is 13.2 Å². The van der Waals surface area contributed by atoms with Crippen molar-refractivity contribution >= 4 is 5.78 Å². The van der Waals surface area contributed by atoms with Crippen LogP contribution in [0, 0.1) is 5.41 Å². The lowest BCUT2D eigenvalue weighted by Gasteiger charge is -2.37. The van der Waals surface area contributed by atoms with Crippen molar-refractivity contribution in [3.05, 3.63) is 12.2 Å². The van der Waals surface area contributed by atoms with E-state index in [2.05, 4.69) is 6.08 Å². The summed E-state index contributed by atoms with van der Waals surface area (Å²) in [5.74, 6) is -0.0724. The number of rotatable bonds is 0. The largest absolute Gasteiger partial charge is 0.344 e. The molecule has 3 nitrogen and oxygen atoms in total. The molecular formula is C14H20O3. The Balaban J connectivity index is 1.82. The highest BCUT2D eigenvalue weighted by Gasteiger charge is 2.45. The van der Waals surface area contributed by atoms with E-state index in [1.54, 1.807) is 0 Å². The number of hydrogen-bond acceptors (Lipinski definition) is 3. The average molecular weight is 236 g/mol. The lowest BCUT2D eigenvalue weighted by molar-refractivity contribution is -0.141. The van der Waals surface area contributed by atoms with Crippen molar-refractivity contribution in [3.63, 3.8) is 0 Å². The van der Waals surface area contributed by atoms with Gasteiger partial charge in [-0.25, -0.2) is 0 Å². The Morgan fingerprint density at radius 3 is 2.47 bits per heavy atom. The molecule has 0 bridgehead atoms. The van der Waals surface area contributed by atoms with Crippen LogP contribution in [0.5, 0.6) is 0 Å². The second-order valence-corrected chi connectivity index (χ2v) is 5.48. The molecule has 17 heavy (non-hydrogen) atoms. The van der Waals surface area contributed by atoms with Gasteiger partial charge in [0.2, 0.25) is 0 Å². The Morgan fingerprint density at radius 2 is 1.76 bits per heavy atom. The van der Waals surface area contributed by atoms with E-state index in [0.29, 0.717) is 19.0 Å². The molecule has 0 N–H and O–H groups in total. The molecule has 1 atom stereocenters. The summed E-state index contributed by atoms with van der Waals surface area (Å²) in [5, 5.41) is 0. The topological polar surface area (TPSA) is 35.5 Å². The molecule has 0 aromatic rings. The first-order valence-electron chi connectivity index (χ1n) is 6.76. The zero-order chi connectivity index (χ0) is 11.8. The van der Waals surface area contributed by atoms with Crippen molar-refractivity contribution in [2.24, 2.45) is 5.41 Å². The van der Waals surface area contributed by atoms with Crippen LogP contribution in [0.25, 0.3) is 0 Å². The molecule has 94 valence electrons. The summed E-state index contributed by atoms with van der Waals surface area (Å²) in [7, 11) is 0. The molecule has 0 amide bonds. The number of ketones is 1. The first-order chi connectivity index (χ1) is 8.25. The predicted octanol–water partition coefficient (Wildman–Crippen LogP) is 2.60. The van der Waals surface area contributed by atoms with Crippen molar-refractivity contribution in [2.45, 2.75) is 50.7 Å². The monoisotopic (exact) mass is 236 g/mol. The summed E-state index contributed by atoms with van der Waals surface area (Å²) in [4.78, 5) is 12.3. The number of allylic oxidation sites excluding steroid dienone is 1. The van der Waals surface area contributed by atoms with Gasteiger partial charge in [-0.15, -0.1) is 0 Å². The molecule has 1 saturated heterocycles. The van der Waals surface area contributed by atoms with Crippen molar-refractivity contribution in [3.8, 4) is 0 Å². The maximum absolute atomic E-state index is 12.3. The van der Waals surface area contributed by atoms with Crippen LogP contribution in [0.4, 0.5) is 0 Å². The summed E-state index contributed by atoms with van der Waals surface area (Å²) in [6.45, 7) is 1.34. The Labute approximate surface area is 102 Å². The third-order valence-corrected chi connectivity index (χ3v) is 4.43. The SMILES string of the molecule is O=C1CCCCCC12C=CC1(CC2)OCCO1. The Hall–Kier alpha value is -0.670. The van der Waals surface area contributed by atoms with Gasteiger partial charge in [-0.1, -0.05) is 18.9 Å². The van der Waals surface area contributed by atoms with Crippen LogP contribution in [0.1, 0.15) is 44.9 Å². The molecule has 2 aliphatic carbocycles. The van der Waals surface area contributed by atoms with Crippen molar-refractivity contribution in [1.82, 2.24) is 0 Å². The highest BCUT2D eigenvalue weighted by molar-refractivity contribution is 5.87. The van der Waals surface area contributed by atoms with Gasteiger partial charge < -0.3 is 9.47 Å². The van der Waals surface area contributed by atoms with Gasteiger partial charge >= 0.3 is 0 Å². The quantitative estimate of drug-likeness (QED) is 0.606. The van der Waals surface area contributed by atoms with Gasteiger partial charge in [0.1, 0.15) is 5.78 Å². The van der Waals surface area contributed by atoms with Gasteiger partial charge in [-0.05, 0) is 25.3 Å². The standard InChI is InChI=1S/C14H20O3/c15-12-4-2-1-3-5-13(12)6-8-14(9-7-13)16-10-11-17-14/h6,8H,1-5,7,9-11H2. The molecule has 1 unspecified atom stereocenters. The van der Waals surface area contributed by atoms with E-state index in [9.17, 15) is 4.79 Å². The minimum absolute atomic E-state index is 0.197. The minimum atomic E-state index is -0.502. The first kappa shape index (κ1) is 11.4. The summed E-state index contributed by atoms with van der Waals surface area (Å²) >= 11 is 0. The fraction of sp³-hybridized carbons (Fsp3) is 0.786. The molecule has 0 radical (unpaired) electrons. The number of carbonyl (C=O) groups excluding carboxylic acids is 1. The van der Waals surface area contributed by atoms with Crippen LogP contribution in [-0.4, -0.2) is 24.8 Å². The van der Waals surface area contributed by atoms with Gasteiger partial charge in [0, 0.05) is 18.3 Å². The van der Waals surface area contributed by atoms with E-state index >= 15 is 0 Å². The summed E-state index contributed by atoms with van der Waals surface area (Å²) in [5.41, 5.74) is -0.197. The molecule has 2 fully saturated rings. The average Bonchev–Trinajstić information content (AvgIpc) is 2.73. The minimum Gasteiger partial charge on any atom is -0.344 e. The number of ether oxygens (including phenoxy) is 2. The predicted molar refractivity (Wildman–Crippen MR) is 63.5 cm³/mol. The summed E-state index contributed by atoms with van der Waals surface area (Å²) in [6, 6.07) is 0. The number of Topliss-reactive ketones (excluding diaryl/α,β-unsaturated/α-hetero) is 1. The van der Waals surface area contributed by atoms with Gasteiger partial charge in [0.15, 0.2) is 5.79 Å². The van der Waals surface area contributed by atoms with Gasteiger partial charge in [-0.2, -0.15) is 0 Å². The Kier molecular flexibility index (Phi) is 2.83. The fourth-order valence-electron chi connectivity index (χ4n) is 3.29. The third kappa shape index (κ3) is 1.95. The zero-order valence-corrected chi connectivity index (χ0v) is 10.2. The molecule has 3 heteroatoms. The zero-order valence-electron chi connectivity index (χ0n) is 10.2. The summed E-state index contributed by atoms with van der Waals surface area (Å²) < 4.78 is 11.3. The highest BCUT2D eigenvalue weighted by atomic mass is 16.7. The lowest BCUT2D eigenvalue weighted by Crippen LogP contribution is -2.39. The van der Waals surface area contributed by atoms with E-state index in [4.69, 9.17) is 9.47 Å². The smallest absolute Gasteiger partial charge is 0.188 e. The lowest BCUT2D eigenvalue weighted by atomic mass is 9.71. The van der Waals surface area contributed by atoms with E-state index in [0.717, 1.165) is 32.1 Å². The van der Waals surface area contributed by atoms with Gasteiger partial charge in [-0.3, -0.25) is 4.79 Å². The van der Waals surface area contributed by atoms with E-state index < -0.39 is 5.79 Å². The van der Waals surface area contributed by atoms with Crippen LogP contribution in [0.3, 0.4) is 0 Å². The fourth-order valence-corrected chi connectivity index (χ4v) is 3.29. The van der Waals surface area contributed by atoms with Crippen molar-refractivity contribution < 1.29 is 14.3 Å². The molecule has 0 aromatic heterocycles. The molecule has 0 aromatic carbocycles. The molecule has 1 saturated carbocycles. The van der Waals surface area contributed by atoms with Crippen LogP contribution in [0.2, 0.25) is 0 Å². The second kappa shape index (κ2) is 4.21. The maximum atomic E-state index is 12.3. The highest BCUT2D eigenvalue weighted by Crippen LogP contribution is 2.45. The number of carbonyl (C=O) groups is 1. The first-order valence-corrected chi connectivity index (χ1v) is 6.76. The van der Waals surface area contributed by atoms with E-state index in [-0.39, 0.29) is 5.41 Å². The van der Waals surface area contributed by atoms with E-state index in [1.807, 2.05) is 6.08 Å². The Bertz CT molecular complexity index is 341. The molecule has 1 heterocycles. The van der Waals surface area contributed by atoms with Crippen LogP contribution in [0.15, 0.2) is 12.2 Å². The van der Waals surface area contributed by atoms with Crippen LogP contribution in [-0.2, 0) is 14.3 Å².